The van der Waals surface area contributed by atoms with E-state index in [-0.39, 0.29) is 27.5 Å². The lowest BCUT2D eigenvalue weighted by molar-refractivity contribution is 0.602. The molecular formula is C21H20ClFN6O3S. The predicted octanol–water partition coefficient (Wildman–Crippen LogP) is 3.63. The Hall–Kier alpha value is -3.44. The highest BCUT2D eigenvalue weighted by atomic mass is 35.5. The quantitative estimate of drug-likeness (QED) is 0.427. The molecule has 4 rings (SSSR count). The molecule has 0 saturated heterocycles. The summed E-state index contributed by atoms with van der Waals surface area (Å²) in [5.74, 6) is -0.665. The Morgan fingerprint density at radius 1 is 1.03 bits per heavy atom. The molecule has 0 bridgehead atoms. The molecule has 0 unspecified atom stereocenters. The van der Waals surface area contributed by atoms with Gasteiger partial charge in [-0.05, 0) is 43.3 Å². The summed E-state index contributed by atoms with van der Waals surface area (Å²) < 4.78 is 42.6. The molecule has 0 aliphatic carbocycles. The van der Waals surface area contributed by atoms with Crippen LogP contribution in [0.5, 0.6) is 0 Å². The topological polar surface area (TPSA) is 111 Å². The van der Waals surface area contributed by atoms with Crippen molar-refractivity contribution in [3.05, 3.63) is 63.8 Å². The van der Waals surface area contributed by atoms with E-state index in [1.165, 1.54) is 28.4 Å². The van der Waals surface area contributed by atoms with Crippen LogP contribution < -0.4 is 15.6 Å². The maximum atomic E-state index is 14.5. The van der Waals surface area contributed by atoms with Gasteiger partial charge in [-0.2, -0.15) is 9.90 Å². The molecule has 9 nitrogen and oxygen atoms in total. The number of aryl methyl sites for hydroxylation is 2. The zero-order valence-corrected chi connectivity index (χ0v) is 19.5. The largest absolute Gasteiger partial charge is 0.353 e. The zero-order chi connectivity index (χ0) is 23.9. The van der Waals surface area contributed by atoms with Crippen LogP contribution in [0, 0.1) is 5.82 Å². The van der Waals surface area contributed by atoms with Crippen LogP contribution in [0.2, 0.25) is 5.02 Å². The molecule has 2 N–H and O–H groups in total. The van der Waals surface area contributed by atoms with Gasteiger partial charge in [-0.3, -0.25) is 9.52 Å². The molecule has 0 radical (unpaired) electrons. The SMILES string of the molecule is CCS(=O)(=O)Nc1ccc(Nc2ccc(Cl)cc2F)c(-c2cn(C)c(=O)c3nn(C)nc23)c1. The van der Waals surface area contributed by atoms with Crippen LogP contribution in [-0.4, -0.2) is 33.7 Å². The molecule has 2 aromatic heterocycles. The molecule has 2 aromatic carbocycles. The zero-order valence-electron chi connectivity index (χ0n) is 17.9. The van der Waals surface area contributed by atoms with Gasteiger partial charge in [0.1, 0.15) is 11.3 Å². The molecule has 0 aliphatic rings. The molecule has 4 aromatic rings. The summed E-state index contributed by atoms with van der Waals surface area (Å²) in [6.07, 6.45) is 1.58. The number of nitrogens with zero attached hydrogens (tertiary/aromatic N) is 4. The van der Waals surface area contributed by atoms with Crippen molar-refractivity contribution in [1.82, 2.24) is 19.6 Å². The smallest absolute Gasteiger partial charge is 0.280 e. The van der Waals surface area contributed by atoms with Crippen LogP contribution >= 0.6 is 11.6 Å². The summed E-state index contributed by atoms with van der Waals surface area (Å²) in [5, 5.41) is 11.8. The molecule has 2 heterocycles. The lowest BCUT2D eigenvalue weighted by Gasteiger charge is -2.16. The minimum absolute atomic E-state index is 0.105. The van der Waals surface area contributed by atoms with Crippen LogP contribution in [0.3, 0.4) is 0 Å². The molecule has 172 valence electrons. The van der Waals surface area contributed by atoms with Gasteiger partial charge in [0.2, 0.25) is 10.0 Å². The van der Waals surface area contributed by atoms with E-state index in [0.29, 0.717) is 28.0 Å². The lowest BCUT2D eigenvalue weighted by Crippen LogP contribution is -2.17. The second kappa shape index (κ2) is 8.49. The fourth-order valence-electron chi connectivity index (χ4n) is 3.34. The fraction of sp³-hybridized carbons (Fsp3) is 0.190. The highest BCUT2D eigenvalue weighted by Crippen LogP contribution is 2.36. The van der Waals surface area contributed by atoms with E-state index < -0.39 is 15.8 Å². The number of rotatable bonds is 6. The number of anilines is 3. The maximum Gasteiger partial charge on any atom is 0.280 e. The molecule has 0 aliphatic heterocycles. The number of nitrogens with one attached hydrogen (secondary N) is 2. The van der Waals surface area contributed by atoms with E-state index in [1.54, 1.807) is 44.6 Å². The number of fused-ring (bicyclic) bond motifs is 1. The van der Waals surface area contributed by atoms with E-state index in [4.69, 9.17) is 11.6 Å². The highest BCUT2D eigenvalue weighted by Gasteiger charge is 2.19. The van der Waals surface area contributed by atoms with Gasteiger partial charge < -0.3 is 9.88 Å². The standard InChI is InChI=1S/C21H20ClFN6O3S/c1-4-33(31,32)27-13-6-8-17(24-18-7-5-12(22)9-16(18)23)14(10-13)15-11-28(2)21(30)20-19(15)25-29(3)26-20/h5-11,24,27H,4H2,1-3H3. The van der Waals surface area contributed by atoms with Crippen molar-refractivity contribution in [2.24, 2.45) is 14.1 Å². The third-order valence-corrected chi connectivity index (χ3v) is 6.52. The van der Waals surface area contributed by atoms with Crippen molar-refractivity contribution in [1.29, 1.82) is 0 Å². The first-order chi connectivity index (χ1) is 15.6. The van der Waals surface area contributed by atoms with Crippen molar-refractivity contribution in [3.8, 4) is 11.1 Å². The summed E-state index contributed by atoms with van der Waals surface area (Å²) in [6, 6.07) is 8.99. The van der Waals surface area contributed by atoms with E-state index in [2.05, 4.69) is 20.2 Å². The Bertz CT molecular complexity index is 1550. The molecule has 0 atom stereocenters. The fourth-order valence-corrected chi connectivity index (χ4v) is 4.13. The average molecular weight is 491 g/mol. The van der Waals surface area contributed by atoms with Crippen molar-refractivity contribution in [2.45, 2.75) is 6.92 Å². The summed E-state index contributed by atoms with van der Waals surface area (Å²) in [5.41, 5.74) is 2.08. The minimum atomic E-state index is -3.54. The van der Waals surface area contributed by atoms with Crippen LogP contribution in [0.15, 0.2) is 47.4 Å². The Balaban J connectivity index is 1.95. The van der Waals surface area contributed by atoms with Crippen LogP contribution in [-0.2, 0) is 24.1 Å². The maximum absolute atomic E-state index is 14.5. The minimum Gasteiger partial charge on any atom is -0.353 e. The Morgan fingerprint density at radius 2 is 1.73 bits per heavy atom. The van der Waals surface area contributed by atoms with Gasteiger partial charge in [0.05, 0.1) is 11.4 Å². The van der Waals surface area contributed by atoms with Gasteiger partial charge in [0, 0.05) is 47.8 Å². The second-order valence-electron chi connectivity index (χ2n) is 7.36. The summed E-state index contributed by atoms with van der Waals surface area (Å²) >= 11 is 5.86. The Labute approximate surface area is 193 Å². The molecule has 33 heavy (non-hydrogen) atoms. The first kappa shape index (κ1) is 22.7. The van der Waals surface area contributed by atoms with Crippen molar-refractivity contribution in [2.75, 3.05) is 15.8 Å². The van der Waals surface area contributed by atoms with Crippen molar-refractivity contribution in [3.63, 3.8) is 0 Å². The highest BCUT2D eigenvalue weighted by molar-refractivity contribution is 7.92. The van der Waals surface area contributed by atoms with Gasteiger partial charge in [-0.15, -0.1) is 5.10 Å². The normalized spacial score (nSPS) is 11.7. The van der Waals surface area contributed by atoms with Gasteiger partial charge in [0.15, 0.2) is 5.52 Å². The van der Waals surface area contributed by atoms with E-state index >= 15 is 0 Å². The van der Waals surface area contributed by atoms with Gasteiger partial charge >= 0.3 is 0 Å². The molecule has 0 fully saturated rings. The summed E-state index contributed by atoms with van der Waals surface area (Å²) in [7, 11) is -0.367. The molecule has 12 heteroatoms. The molecule has 0 amide bonds. The molecular weight excluding hydrogens is 471 g/mol. The van der Waals surface area contributed by atoms with Crippen LogP contribution in [0.25, 0.3) is 22.2 Å². The number of sulfonamides is 1. The Morgan fingerprint density at radius 3 is 2.42 bits per heavy atom. The van der Waals surface area contributed by atoms with Gasteiger partial charge in [0.25, 0.3) is 5.56 Å². The van der Waals surface area contributed by atoms with Gasteiger partial charge in [-0.25, -0.2) is 12.8 Å². The Kier molecular flexibility index (Phi) is 5.85. The van der Waals surface area contributed by atoms with E-state index in [1.807, 2.05) is 0 Å². The predicted molar refractivity (Wildman–Crippen MR) is 127 cm³/mol. The average Bonchev–Trinajstić information content (AvgIpc) is 3.15. The van der Waals surface area contributed by atoms with E-state index in [9.17, 15) is 17.6 Å². The summed E-state index contributed by atoms with van der Waals surface area (Å²) in [4.78, 5) is 13.8. The van der Waals surface area contributed by atoms with Crippen molar-refractivity contribution < 1.29 is 12.8 Å². The number of aromatic nitrogens is 4. The van der Waals surface area contributed by atoms with Crippen molar-refractivity contribution >= 4 is 49.7 Å². The lowest BCUT2D eigenvalue weighted by atomic mass is 10.0. The second-order valence-corrected chi connectivity index (χ2v) is 9.81. The van der Waals surface area contributed by atoms with E-state index in [0.717, 1.165) is 0 Å². The third-order valence-electron chi connectivity index (χ3n) is 4.98. The number of halogens is 2. The van der Waals surface area contributed by atoms with Gasteiger partial charge in [-0.1, -0.05) is 11.6 Å². The third kappa shape index (κ3) is 4.55. The number of hydrogen-bond donors (Lipinski definition) is 2. The first-order valence-corrected chi connectivity index (χ1v) is 11.9. The first-order valence-electron chi connectivity index (χ1n) is 9.85. The van der Waals surface area contributed by atoms with Crippen LogP contribution in [0.1, 0.15) is 6.92 Å². The monoisotopic (exact) mass is 490 g/mol. The molecule has 0 spiro atoms. The molecule has 0 saturated carbocycles. The number of hydrogen-bond acceptors (Lipinski definition) is 6. The number of pyridine rings is 1. The van der Waals surface area contributed by atoms with Crippen LogP contribution in [0.4, 0.5) is 21.5 Å². The number of benzene rings is 2. The summed E-state index contributed by atoms with van der Waals surface area (Å²) in [6.45, 7) is 1.53.